The molecule has 6 nitrogen and oxygen atoms in total. The van der Waals surface area contributed by atoms with Gasteiger partial charge in [0.15, 0.2) is 5.11 Å². The third-order valence-corrected chi connectivity index (χ3v) is 4.87. The molecule has 1 atom stereocenters. The summed E-state index contributed by atoms with van der Waals surface area (Å²) in [5, 5.41) is 6.66. The largest absolute Gasteiger partial charge is 0.459 e. The van der Waals surface area contributed by atoms with E-state index in [1.807, 2.05) is 72.9 Å². The molecular weight excluding hydrogens is 374 g/mol. The van der Waals surface area contributed by atoms with Gasteiger partial charge in [0, 0.05) is 23.8 Å². The minimum Gasteiger partial charge on any atom is -0.459 e. The Labute approximate surface area is 172 Å². The third-order valence-electron chi connectivity index (χ3n) is 4.48. The fourth-order valence-electron chi connectivity index (χ4n) is 2.74. The van der Waals surface area contributed by atoms with Gasteiger partial charge in [0.05, 0.1) is 17.7 Å². The summed E-state index contributed by atoms with van der Waals surface area (Å²) in [4.78, 5) is 26.9. The van der Waals surface area contributed by atoms with Crippen molar-refractivity contribution in [3.63, 3.8) is 0 Å². The number of allylic oxidation sites excluding steroid dienone is 1. The number of benzene rings is 1. The van der Waals surface area contributed by atoms with Crippen LogP contribution in [0.2, 0.25) is 0 Å². The van der Waals surface area contributed by atoms with Crippen LogP contribution in [-0.2, 0) is 14.3 Å². The number of carbonyl (C=O) groups excluding carboxylic acids is 2. The molecule has 0 bridgehead atoms. The van der Waals surface area contributed by atoms with E-state index in [2.05, 4.69) is 10.6 Å². The Bertz CT molecular complexity index is 824. The number of hydrogen-bond acceptors (Lipinski definition) is 4. The van der Waals surface area contributed by atoms with Gasteiger partial charge in [0.1, 0.15) is 0 Å². The lowest BCUT2D eigenvalue weighted by Crippen LogP contribution is -2.46. The number of nitrogens with one attached hydrogen (secondary N) is 2. The zero-order chi connectivity index (χ0) is 21.2. The molecule has 0 saturated heterocycles. The summed E-state index contributed by atoms with van der Waals surface area (Å²) in [5.41, 5.74) is 2.22. The van der Waals surface area contributed by atoms with Crippen molar-refractivity contribution in [3.05, 3.63) is 41.1 Å². The second-order valence-electron chi connectivity index (χ2n) is 8.22. The summed E-state index contributed by atoms with van der Waals surface area (Å²) in [7, 11) is 1.81. The van der Waals surface area contributed by atoms with Gasteiger partial charge < -0.3 is 20.3 Å². The van der Waals surface area contributed by atoms with E-state index in [0.717, 1.165) is 11.3 Å². The predicted octanol–water partition coefficient (Wildman–Crippen LogP) is 3.76. The van der Waals surface area contributed by atoms with E-state index >= 15 is 0 Å². The number of amides is 1. The molecular formula is C21H29N3O3S. The number of carbonyl (C=O) groups is 2. The average molecular weight is 404 g/mol. The number of esters is 1. The molecule has 0 spiro atoms. The standard InChI is InChI=1S/C21H29N3O3S/c1-12(2)27-18(25)16-13(3)24(7)20(28)23-17(16)14-9-8-10-15(11-14)22-19(26)21(4,5)6/h8-12,17H,1-7H3,(H,22,26)(H,23,28)/t17-/m0/s1. The van der Waals surface area contributed by atoms with Gasteiger partial charge in [0.25, 0.3) is 0 Å². The van der Waals surface area contributed by atoms with E-state index in [0.29, 0.717) is 16.4 Å². The smallest absolute Gasteiger partial charge is 0.338 e. The van der Waals surface area contributed by atoms with Crippen LogP contribution in [0.4, 0.5) is 5.69 Å². The predicted molar refractivity (Wildman–Crippen MR) is 115 cm³/mol. The summed E-state index contributed by atoms with van der Waals surface area (Å²) in [6, 6.07) is 6.96. The first-order valence-corrected chi connectivity index (χ1v) is 9.70. The number of hydrogen-bond donors (Lipinski definition) is 2. The van der Waals surface area contributed by atoms with Crippen LogP contribution in [0.5, 0.6) is 0 Å². The first-order valence-electron chi connectivity index (χ1n) is 9.29. The monoisotopic (exact) mass is 403 g/mol. The highest BCUT2D eigenvalue weighted by Gasteiger charge is 2.34. The van der Waals surface area contributed by atoms with Crippen molar-refractivity contribution < 1.29 is 14.3 Å². The Morgan fingerprint density at radius 2 is 1.93 bits per heavy atom. The molecule has 2 rings (SSSR count). The van der Waals surface area contributed by atoms with Crippen LogP contribution in [0.15, 0.2) is 35.5 Å². The van der Waals surface area contributed by atoms with Crippen molar-refractivity contribution >= 4 is 34.9 Å². The molecule has 7 heteroatoms. The Morgan fingerprint density at radius 3 is 2.50 bits per heavy atom. The van der Waals surface area contributed by atoms with Crippen LogP contribution >= 0.6 is 12.2 Å². The summed E-state index contributed by atoms with van der Waals surface area (Å²) < 4.78 is 5.46. The van der Waals surface area contributed by atoms with Crippen LogP contribution in [0, 0.1) is 5.41 Å². The fourth-order valence-corrected chi connectivity index (χ4v) is 3.00. The molecule has 1 amide bonds. The van der Waals surface area contributed by atoms with E-state index in [1.54, 1.807) is 4.90 Å². The van der Waals surface area contributed by atoms with Crippen molar-refractivity contribution in [1.29, 1.82) is 0 Å². The number of thiocarbonyl (C=S) groups is 1. The van der Waals surface area contributed by atoms with E-state index in [9.17, 15) is 9.59 Å². The topological polar surface area (TPSA) is 70.7 Å². The number of anilines is 1. The van der Waals surface area contributed by atoms with Gasteiger partial charge >= 0.3 is 5.97 Å². The minimum atomic E-state index is -0.508. The molecule has 0 saturated carbocycles. The Kier molecular flexibility index (Phi) is 6.49. The van der Waals surface area contributed by atoms with Gasteiger partial charge in [0.2, 0.25) is 5.91 Å². The van der Waals surface area contributed by atoms with Gasteiger partial charge in [-0.1, -0.05) is 32.9 Å². The molecule has 0 fully saturated rings. The maximum Gasteiger partial charge on any atom is 0.338 e. The average Bonchev–Trinajstić information content (AvgIpc) is 2.58. The van der Waals surface area contributed by atoms with Gasteiger partial charge in [-0.3, -0.25) is 4.79 Å². The highest BCUT2D eigenvalue weighted by atomic mass is 32.1. The summed E-state index contributed by atoms with van der Waals surface area (Å²) in [6.07, 6.45) is -0.231. The molecule has 152 valence electrons. The summed E-state index contributed by atoms with van der Waals surface area (Å²) in [5.74, 6) is -0.467. The maximum absolute atomic E-state index is 12.8. The van der Waals surface area contributed by atoms with Gasteiger partial charge in [-0.2, -0.15) is 0 Å². The minimum absolute atomic E-state index is 0.0809. The molecule has 1 aliphatic rings. The van der Waals surface area contributed by atoms with E-state index < -0.39 is 11.5 Å². The molecule has 1 heterocycles. The number of ether oxygens (including phenoxy) is 1. The third kappa shape index (κ3) is 4.90. The quantitative estimate of drug-likeness (QED) is 0.589. The Hall–Kier alpha value is -2.41. The molecule has 0 aliphatic carbocycles. The van der Waals surface area contributed by atoms with Crippen LogP contribution in [-0.4, -0.2) is 35.0 Å². The Balaban J connectivity index is 2.43. The van der Waals surface area contributed by atoms with Crippen molar-refractivity contribution in [3.8, 4) is 0 Å². The van der Waals surface area contributed by atoms with Crippen molar-refractivity contribution in [2.24, 2.45) is 5.41 Å². The van der Waals surface area contributed by atoms with Gasteiger partial charge in [-0.05, 0) is 50.7 Å². The van der Waals surface area contributed by atoms with E-state index in [1.165, 1.54) is 0 Å². The molecule has 0 radical (unpaired) electrons. The van der Waals surface area contributed by atoms with Crippen molar-refractivity contribution in [2.45, 2.75) is 53.7 Å². The maximum atomic E-state index is 12.8. The second kappa shape index (κ2) is 8.31. The number of rotatable bonds is 4. The van der Waals surface area contributed by atoms with Crippen LogP contribution in [0.3, 0.4) is 0 Å². The first kappa shape index (κ1) is 21.9. The zero-order valence-corrected chi connectivity index (χ0v) is 18.4. The highest BCUT2D eigenvalue weighted by molar-refractivity contribution is 7.80. The van der Waals surface area contributed by atoms with Crippen molar-refractivity contribution in [1.82, 2.24) is 10.2 Å². The zero-order valence-electron chi connectivity index (χ0n) is 17.5. The molecule has 1 aliphatic heterocycles. The molecule has 0 aromatic heterocycles. The molecule has 0 unspecified atom stereocenters. The van der Waals surface area contributed by atoms with Crippen molar-refractivity contribution in [2.75, 3.05) is 12.4 Å². The fraction of sp³-hybridized carbons (Fsp3) is 0.476. The van der Waals surface area contributed by atoms with Crippen LogP contribution < -0.4 is 10.6 Å². The van der Waals surface area contributed by atoms with Crippen LogP contribution in [0.1, 0.15) is 53.1 Å². The summed E-state index contributed by atoms with van der Waals surface area (Å²) >= 11 is 5.42. The number of nitrogens with zero attached hydrogens (tertiary/aromatic N) is 1. The second-order valence-corrected chi connectivity index (χ2v) is 8.61. The molecule has 2 N–H and O–H groups in total. The first-order chi connectivity index (χ1) is 12.9. The van der Waals surface area contributed by atoms with Crippen LogP contribution in [0.25, 0.3) is 0 Å². The molecule has 1 aromatic carbocycles. The molecule has 28 heavy (non-hydrogen) atoms. The van der Waals surface area contributed by atoms with Gasteiger partial charge in [-0.25, -0.2) is 4.79 Å². The van der Waals surface area contributed by atoms with E-state index in [-0.39, 0.29) is 18.0 Å². The lowest BCUT2D eigenvalue weighted by molar-refractivity contribution is -0.143. The lowest BCUT2D eigenvalue weighted by Gasteiger charge is -2.35. The Morgan fingerprint density at radius 1 is 1.29 bits per heavy atom. The highest BCUT2D eigenvalue weighted by Crippen LogP contribution is 2.32. The summed E-state index contributed by atoms with van der Waals surface area (Å²) in [6.45, 7) is 11.0. The van der Waals surface area contributed by atoms with E-state index in [4.69, 9.17) is 17.0 Å². The molecule has 1 aromatic rings. The van der Waals surface area contributed by atoms with Gasteiger partial charge in [-0.15, -0.1) is 0 Å². The SMILES string of the molecule is CC1=C(C(=O)OC(C)C)[C@H](c2cccc(NC(=O)C(C)(C)C)c2)NC(=S)N1C. The normalized spacial score (nSPS) is 17.5. The lowest BCUT2D eigenvalue weighted by atomic mass is 9.93.